The number of nitrogens with two attached hydrogens (primary N) is 1. The molecular weight excluding hydrogens is 176 g/mol. The van der Waals surface area contributed by atoms with Gasteiger partial charge in [0.05, 0.1) is 18.3 Å². The lowest BCUT2D eigenvalue weighted by molar-refractivity contribution is 0.422. The first-order valence-corrected chi connectivity index (χ1v) is 4.53. The molecule has 2 aromatic rings. The Morgan fingerprint density at radius 2 is 2.07 bits per heavy atom. The quantitative estimate of drug-likeness (QED) is 0.699. The molecule has 74 valence electrons. The van der Waals surface area contributed by atoms with Crippen LogP contribution in [-0.4, -0.2) is 11.7 Å². The molecule has 1 heterocycles. The van der Waals surface area contributed by atoms with Crippen LogP contribution in [0.5, 0.6) is 5.75 Å². The van der Waals surface area contributed by atoms with Gasteiger partial charge in [0, 0.05) is 18.6 Å². The lowest BCUT2D eigenvalue weighted by Crippen LogP contribution is -1.93. The standard InChI is InChI=1S/C11H14N2O/c1-7-6-13(2)9-5-4-8(12)11(14-3)10(7)9/h4-6H,12H2,1-3H3. The zero-order valence-electron chi connectivity index (χ0n) is 8.66. The molecule has 0 unspecified atom stereocenters. The molecule has 3 heteroatoms. The van der Waals surface area contributed by atoms with Crippen LogP contribution in [-0.2, 0) is 7.05 Å². The Hall–Kier alpha value is -1.64. The van der Waals surface area contributed by atoms with Gasteiger partial charge in [-0.05, 0) is 24.6 Å². The third kappa shape index (κ3) is 1.05. The Bertz CT molecular complexity index is 485. The third-order valence-corrected chi connectivity index (χ3v) is 2.53. The summed E-state index contributed by atoms with van der Waals surface area (Å²) in [6, 6.07) is 3.89. The molecule has 0 atom stereocenters. The second-order valence-electron chi connectivity index (χ2n) is 3.51. The zero-order chi connectivity index (χ0) is 10.3. The van der Waals surface area contributed by atoms with Gasteiger partial charge in [0.1, 0.15) is 0 Å². The first-order valence-electron chi connectivity index (χ1n) is 4.53. The van der Waals surface area contributed by atoms with Gasteiger partial charge in [-0.25, -0.2) is 0 Å². The topological polar surface area (TPSA) is 40.2 Å². The van der Waals surface area contributed by atoms with Crippen molar-refractivity contribution in [2.45, 2.75) is 6.92 Å². The van der Waals surface area contributed by atoms with E-state index in [1.54, 1.807) is 7.11 Å². The summed E-state index contributed by atoms with van der Waals surface area (Å²) in [5.41, 5.74) is 8.86. The number of nitrogen functional groups attached to an aromatic ring is 1. The molecule has 2 N–H and O–H groups in total. The molecule has 0 bridgehead atoms. The van der Waals surface area contributed by atoms with Crippen molar-refractivity contribution in [2.24, 2.45) is 7.05 Å². The van der Waals surface area contributed by atoms with Crippen molar-refractivity contribution < 1.29 is 4.74 Å². The number of methoxy groups -OCH3 is 1. The van der Waals surface area contributed by atoms with E-state index >= 15 is 0 Å². The first kappa shape index (κ1) is 8.94. The minimum atomic E-state index is 0.689. The molecule has 0 aliphatic carbocycles. The van der Waals surface area contributed by atoms with Crippen molar-refractivity contribution in [1.82, 2.24) is 4.57 Å². The molecule has 3 nitrogen and oxygen atoms in total. The molecule has 0 saturated carbocycles. The lowest BCUT2D eigenvalue weighted by atomic mass is 10.1. The Morgan fingerprint density at radius 1 is 1.36 bits per heavy atom. The second-order valence-corrected chi connectivity index (χ2v) is 3.51. The molecule has 2 rings (SSSR count). The molecule has 1 aromatic heterocycles. The van der Waals surface area contributed by atoms with Gasteiger partial charge in [-0.1, -0.05) is 0 Å². The number of ether oxygens (including phenoxy) is 1. The van der Waals surface area contributed by atoms with Crippen molar-refractivity contribution in [1.29, 1.82) is 0 Å². The van der Waals surface area contributed by atoms with E-state index in [2.05, 4.69) is 17.7 Å². The average Bonchev–Trinajstić information content (AvgIpc) is 2.43. The number of aryl methyl sites for hydroxylation is 2. The fourth-order valence-corrected chi connectivity index (χ4v) is 1.91. The van der Waals surface area contributed by atoms with Gasteiger partial charge in [0.2, 0.25) is 0 Å². The van der Waals surface area contributed by atoms with Crippen molar-refractivity contribution >= 4 is 16.6 Å². The molecule has 0 fully saturated rings. The molecule has 0 saturated heterocycles. The van der Waals surface area contributed by atoms with Gasteiger partial charge < -0.3 is 15.0 Å². The fraction of sp³-hybridized carbons (Fsp3) is 0.273. The maximum atomic E-state index is 5.84. The predicted octanol–water partition coefficient (Wildman–Crippen LogP) is 2.08. The minimum Gasteiger partial charge on any atom is -0.494 e. The normalized spacial score (nSPS) is 10.8. The van der Waals surface area contributed by atoms with Gasteiger partial charge >= 0.3 is 0 Å². The van der Waals surface area contributed by atoms with E-state index in [0.717, 1.165) is 16.7 Å². The number of rotatable bonds is 1. The van der Waals surface area contributed by atoms with Gasteiger partial charge in [0.25, 0.3) is 0 Å². The zero-order valence-corrected chi connectivity index (χ0v) is 8.66. The summed E-state index contributed by atoms with van der Waals surface area (Å²) < 4.78 is 7.39. The van der Waals surface area contributed by atoms with E-state index in [-0.39, 0.29) is 0 Å². The molecule has 1 aromatic carbocycles. The highest BCUT2D eigenvalue weighted by Crippen LogP contribution is 2.34. The van der Waals surface area contributed by atoms with E-state index in [4.69, 9.17) is 10.5 Å². The Morgan fingerprint density at radius 3 is 2.71 bits per heavy atom. The van der Waals surface area contributed by atoms with E-state index < -0.39 is 0 Å². The maximum absolute atomic E-state index is 5.84. The van der Waals surface area contributed by atoms with E-state index in [0.29, 0.717) is 5.69 Å². The van der Waals surface area contributed by atoms with Crippen molar-refractivity contribution in [3.63, 3.8) is 0 Å². The van der Waals surface area contributed by atoms with E-state index in [1.165, 1.54) is 5.56 Å². The van der Waals surface area contributed by atoms with E-state index in [9.17, 15) is 0 Å². The monoisotopic (exact) mass is 190 g/mol. The van der Waals surface area contributed by atoms with E-state index in [1.807, 2.05) is 19.2 Å². The fourth-order valence-electron chi connectivity index (χ4n) is 1.91. The maximum Gasteiger partial charge on any atom is 0.151 e. The number of aromatic nitrogens is 1. The van der Waals surface area contributed by atoms with Crippen LogP contribution in [0.4, 0.5) is 5.69 Å². The SMILES string of the molecule is COc1c(N)ccc2c1c(C)cn2C. The predicted molar refractivity (Wildman–Crippen MR) is 58.6 cm³/mol. The van der Waals surface area contributed by atoms with Crippen LogP contribution in [0.3, 0.4) is 0 Å². The lowest BCUT2D eigenvalue weighted by Gasteiger charge is -2.06. The highest BCUT2D eigenvalue weighted by Gasteiger charge is 2.10. The van der Waals surface area contributed by atoms with Crippen molar-refractivity contribution in [3.8, 4) is 5.75 Å². The Labute approximate surface area is 83.1 Å². The summed E-state index contributed by atoms with van der Waals surface area (Å²) in [6.45, 7) is 2.06. The number of nitrogens with zero attached hydrogens (tertiary/aromatic N) is 1. The smallest absolute Gasteiger partial charge is 0.151 e. The van der Waals surface area contributed by atoms with Crippen LogP contribution < -0.4 is 10.5 Å². The van der Waals surface area contributed by atoms with Crippen LogP contribution in [0.1, 0.15) is 5.56 Å². The molecule has 0 radical (unpaired) electrons. The van der Waals surface area contributed by atoms with Gasteiger partial charge in [-0.3, -0.25) is 0 Å². The van der Waals surface area contributed by atoms with Crippen molar-refractivity contribution in [3.05, 3.63) is 23.9 Å². The molecule has 0 amide bonds. The summed E-state index contributed by atoms with van der Waals surface area (Å²) in [7, 11) is 3.67. The molecule has 0 aliphatic heterocycles. The van der Waals surface area contributed by atoms with Gasteiger partial charge in [0.15, 0.2) is 5.75 Å². The summed E-state index contributed by atoms with van der Waals surface area (Å²) in [4.78, 5) is 0. The summed E-state index contributed by atoms with van der Waals surface area (Å²) in [5.74, 6) is 0.778. The Balaban J connectivity index is 2.92. The van der Waals surface area contributed by atoms with Crippen LogP contribution in [0, 0.1) is 6.92 Å². The molecule has 0 spiro atoms. The average molecular weight is 190 g/mol. The van der Waals surface area contributed by atoms with Crippen LogP contribution >= 0.6 is 0 Å². The van der Waals surface area contributed by atoms with Crippen LogP contribution in [0.2, 0.25) is 0 Å². The summed E-state index contributed by atoms with van der Waals surface area (Å²) in [5, 5.41) is 1.11. The number of hydrogen-bond acceptors (Lipinski definition) is 2. The largest absolute Gasteiger partial charge is 0.494 e. The van der Waals surface area contributed by atoms with Crippen LogP contribution in [0.15, 0.2) is 18.3 Å². The highest BCUT2D eigenvalue weighted by atomic mass is 16.5. The third-order valence-electron chi connectivity index (χ3n) is 2.53. The molecule has 14 heavy (non-hydrogen) atoms. The summed E-state index contributed by atoms with van der Waals surface area (Å²) in [6.07, 6.45) is 2.08. The van der Waals surface area contributed by atoms with Crippen LogP contribution in [0.25, 0.3) is 10.9 Å². The number of fused-ring (bicyclic) bond motifs is 1. The molecule has 0 aliphatic rings. The molecular formula is C11H14N2O. The number of hydrogen-bond donors (Lipinski definition) is 1. The van der Waals surface area contributed by atoms with Crippen molar-refractivity contribution in [2.75, 3.05) is 12.8 Å². The minimum absolute atomic E-state index is 0.689. The second kappa shape index (κ2) is 2.94. The van der Waals surface area contributed by atoms with Gasteiger partial charge in [-0.2, -0.15) is 0 Å². The number of benzene rings is 1. The summed E-state index contributed by atoms with van der Waals surface area (Å²) >= 11 is 0. The van der Waals surface area contributed by atoms with Gasteiger partial charge in [-0.15, -0.1) is 0 Å². The first-order chi connectivity index (χ1) is 6.65. The highest BCUT2D eigenvalue weighted by molar-refractivity contribution is 5.94. The Kier molecular flexibility index (Phi) is 1.88. The number of anilines is 1.